The van der Waals surface area contributed by atoms with Gasteiger partial charge < -0.3 is 10.5 Å². The topological polar surface area (TPSA) is 64.7 Å². The second kappa shape index (κ2) is 4.27. The van der Waals surface area contributed by atoms with Gasteiger partial charge in [-0.25, -0.2) is 4.79 Å². The maximum absolute atomic E-state index is 11.1. The molecule has 1 rings (SSSR count). The normalized spacial score (nSPS) is 21.8. The van der Waals surface area contributed by atoms with E-state index in [1.807, 2.05) is 0 Å². The van der Waals surface area contributed by atoms with Crippen LogP contribution in [0.4, 0.5) is 0 Å². The lowest BCUT2D eigenvalue weighted by Crippen LogP contribution is -2.17. The Morgan fingerprint density at radius 2 is 2.67 bits per heavy atom. The molecule has 0 spiro atoms. The summed E-state index contributed by atoms with van der Waals surface area (Å²) in [6, 6.07) is 0. The monoisotopic (exact) mass is 186 g/mol. The molecule has 0 saturated heterocycles. The highest BCUT2D eigenvalue weighted by molar-refractivity contribution is 8.02. The van der Waals surface area contributed by atoms with Crippen molar-refractivity contribution in [1.29, 1.82) is 0 Å². The Kier molecular flexibility index (Phi) is 3.31. The van der Waals surface area contributed by atoms with Crippen molar-refractivity contribution < 1.29 is 9.53 Å². The Bertz CT molecular complexity index is 238. The van der Waals surface area contributed by atoms with Crippen LogP contribution < -0.4 is 5.73 Å². The molecule has 0 aromatic carbocycles. The van der Waals surface area contributed by atoms with Crippen molar-refractivity contribution in [3.63, 3.8) is 0 Å². The number of aliphatic imine (C=N–C) groups is 1. The number of rotatable bonds is 2. The average Bonchev–Trinajstić information content (AvgIpc) is 2.06. The minimum atomic E-state index is -0.347. The summed E-state index contributed by atoms with van der Waals surface area (Å²) in [5, 5.41) is 1.66. The fraction of sp³-hybridized carbons (Fsp3) is 0.429. The molecule has 0 aliphatic carbocycles. The first kappa shape index (κ1) is 9.28. The average molecular weight is 186 g/mol. The minimum Gasteiger partial charge on any atom is -0.462 e. The highest BCUT2D eigenvalue weighted by Gasteiger charge is 2.12. The van der Waals surface area contributed by atoms with Crippen LogP contribution in [0.25, 0.3) is 0 Å². The van der Waals surface area contributed by atoms with Crippen molar-refractivity contribution >= 4 is 23.9 Å². The Balaban J connectivity index is 2.54. The highest BCUT2D eigenvalue weighted by Crippen LogP contribution is 2.16. The second-order valence-electron chi connectivity index (χ2n) is 2.10. The predicted molar refractivity (Wildman–Crippen MR) is 48.8 cm³/mol. The van der Waals surface area contributed by atoms with Crippen LogP contribution in [-0.4, -0.2) is 24.3 Å². The summed E-state index contributed by atoms with van der Waals surface area (Å²) in [5.74, 6) is -0.347. The zero-order valence-electron chi connectivity index (χ0n) is 6.69. The van der Waals surface area contributed by atoms with Crippen LogP contribution in [0.1, 0.15) is 6.92 Å². The molecule has 1 aliphatic rings. The van der Waals surface area contributed by atoms with Gasteiger partial charge in [0.2, 0.25) is 0 Å². The maximum Gasteiger partial charge on any atom is 0.340 e. The third-order valence-corrected chi connectivity index (χ3v) is 2.00. The lowest BCUT2D eigenvalue weighted by molar-refractivity contribution is -0.137. The van der Waals surface area contributed by atoms with Crippen molar-refractivity contribution in [3.05, 3.63) is 11.0 Å². The number of thioether (sulfide) groups is 1. The molecule has 0 amide bonds. The zero-order chi connectivity index (χ0) is 8.97. The summed E-state index contributed by atoms with van der Waals surface area (Å²) in [5.41, 5.74) is 5.61. The van der Waals surface area contributed by atoms with E-state index in [1.165, 1.54) is 18.0 Å². The molecule has 0 aromatic heterocycles. The number of ether oxygens (including phenoxy) is 1. The third kappa shape index (κ3) is 2.35. The van der Waals surface area contributed by atoms with E-state index in [-0.39, 0.29) is 11.5 Å². The molecular formula is C7H10N2O2S. The minimum absolute atomic E-state index is 0.289. The first-order valence-electron chi connectivity index (χ1n) is 3.55. The molecule has 1 unspecified atom stereocenters. The molecule has 66 valence electrons. The van der Waals surface area contributed by atoms with E-state index in [2.05, 4.69) is 4.99 Å². The fourth-order valence-corrected chi connectivity index (χ4v) is 1.25. The lowest BCUT2D eigenvalue weighted by atomic mass is 10.3. The summed E-state index contributed by atoms with van der Waals surface area (Å²) in [6.45, 7) is 2.14. The van der Waals surface area contributed by atoms with Gasteiger partial charge in [0.15, 0.2) is 0 Å². The van der Waals surface area contributed by atoms with Crippen LogP contribution in [0.5, 0.6) is 0 Å². The molecule has 1 aliphatic heterocycles. The van der Waals surface area contributed by atoms with Gasteiger partial charge in [-0.3, -0.25) is 4.99 Å². The molecule has 1 atom stereocenters. The Morgan fingerprint density at radius 3 is 3.17 bits per heavy atom. The van der Waals surface area contributed by atoms with Crippen molar-refractivity contribution in [2.24, 2.45) is 10.7 Å². The molecule has 0 fully saturated rings. The smallest absolute Gasteiger partial charge is 0.340 e. The predicted octanol–water partition coefficient (Wildman–Crippen LogP) is 0.493. The molecular weight excluding hydrogens is 176 g/mol. The fourth-order valence-electron chi connectivity index (χ4n) is 0.678. The van der Waals surface area contributed by atoms with Gasteiger partial charge in [-0.2, -0.15) is 0 Å². The van der Waals surface area contributed by atoms with Crippen LogP contribution >= 0.6 is 11.8 Å². The van der Waals surface area contributed by atoms with E-state index in [9.17, 15) is 4.79 Å². The molecule has 5 heteroatoms. The molecule has 0 radical (unpaired) electrons. The van der Waals surface area contributed by atoms with Gasteiger partial charge in [0.05, 0.1) is 12.2 Å². The quantitative estimate of drug-likeness (QED) is 0.637. The Morgan fingerprint density at radius 1 is 1.92 bits per heavy atom. The van der Waals surface area contributed by atoms with Crippen LogP contribution in [0.2, 0.25) is 0 Å². The van der Waals surface area contributed by atoms with E-state index in [1.54, 1.807) is 12.3 Å². The first-order chi connectivity index (χ1) is 5.74. The zero-order valence-corrected chi connectivity index (χ0v) is 7.50. The van der Waals surface area contributed by atoms with Crippen LogP contribution in [-0.2, 0) is 9.53 Å². The molecule has 0 aromatic rings. The van der Waals surface area contributed by atoms with Gasteiger partial charge in [0, 0.05) is 6.21 Å². The maximum atomic E-state index is 11.1. The van der Waals surface area contributed by atoms with Crippen molar-refractivity contribution in [2.75, 3.05) is 6.61 Å². The standard InChI is InChI=1S/C7H10N2O2S/c1-2-11-6(10)5-3-9-7(8)12-4-5/h3-4,7H,2,8H2,1H3. The van der Waals surface area contributed by atoms with E-state index in [4.69, 9.17) is 10.5 Å². The Hall–Kier alpha value is -0.810. The van der Waals surface area contributed by atoms with Crippen molar-refractivity contribution in [2.45, 2.75) is 12.4 Å². The summed E-state index contributed by atoms with van der Waals surface area (Å²) in [6.07, 6.45) is 1.44. The number of hydrogen-bond acceptors (Lipinski definition) is 5. The molecule has 0 saturated carbocycles. The van der Waals surface area contributed by atoms with Gasteiger partial charge >= 0.3 is 5.97 Å². The molecule has 0 bridgehead atoms. The SMILES string of the molecule is CCOC(=O)C1=CSC(N)N=C1. The third-order valence-electron chi connectivity index (χ3n) is 1.21. The largest absolute Gasteiger partial charge is 0.462 e. The first-order valence-corrected chi connectivity index (χ1v) is 4.50. The van der Waals surface area contributed by atoms with Crippen LogP contribution in [0.3, 0.4) is 0 Å². The molecule has 4 nitrogen and oxygen atoms in total. The molecule has 2 N–H and O–H groups in total. The van der Waals surface area contributed by atoms with Crippen molar-refractivity contribution in [1.82, 2.24) is 0 Å². The van der Waals surface area contributed by atoms with Crippen molar-refractivity contribution in [3.8, 4) is 0 Å². The van der Waals surface area contributed by atoms with E-state index < -0.39 is 0 Å². The van der Waals surface area contributed by atoms with Gasteiger partial charge in [-0.1, -0.05) is 11.8 Å². The summed E-state index contributed by atoms with van der Waals surface area (Å²) in [4.78, 5) is 14.9. The summed E-state index contributed by atoms with van der Waals surface area (Å²) < 4.78 is 4.76. The number of carbonyl (C=O) groups excluding carboxylic acids is 1. The number of hydrogen-bond donors (Lipinski definition) is 1. The lowest BCUT2D eigenvalue weighted by Gasteiger charge is -2.09. The summed E-state index contributed by atoms with van der Waals surface area (Å²) in [7, 11) is 0. The van der Waals surface area contributed by atoms with Gasteiger partial charge in [0.1, 0.15) is 5.50 Å². The van der Waals surface area contributed by atoms with Crippen LogP contribution in [0.15, 0.2) is 16.0 Å². The van der Waals surface area contributed by atoms with E-state index in [0.29, 0.717) is 12.2 Å². The number of esters is 1. The van der Waals surface area contributed by atoms with E-state index in [0.717, 1.165) is 0 Å². The molecule has 1 heterocycles. The van der Waals surface area contributed by atoms with E-state index >= 15 is 0 Å². The van der Waals surface area contributed by atoms with Gasteiger partial charge in [-0.05, 0) is 12.3 Å². The number of nitrogens with two attached hydrogens (primary N) is 1. The molecule has 12 heavy (non-hydrogen) atoms. The van der Waals surface area contributed by atoms with Gasteiger partial charge in [-0.15, -0.1) is 0 Å². The highest BCUT2D eigenvalue weighted by atomic mass is 32.2. The number of nitrogens with zero attached hydrogens (tertiary/aromatic N) is 1. The van der Waals surface area contributed by atoms with Gasteiger partial charge in [0.25, 0.3) is 0 Å². The number of carbonyl (C=O) groups is 1. The van der Waals surface area contributed by atoms with Crippen LogP contribution in [0, 0.1) is 0 Å². The Labute approximate surface area is 74.9 Å². The second-order valence-corrected chi connectivity index (χ2v) is 3.09. The summed E-state index contributed by atoms with van der Waals surface area (Å²) >= 11 is 1.30.